The van der Waals surface area contributed by atoms with Crippen LogP contribution in [-0.4, -0.2) is 15.9 Å². The van der Waals surface area contributed by atoms with Crippen molar-refractivity contribution in [3.05, 3.63) is 23.2 Å². The highest BCUT2D eigenvalue weighted by Crippen LogP contribution is 2.28. The van der Waals surface area contributed by atoms with Crippen LogP contribution in [0.4, 0.5) is 0 Å². The van der Waals surface area contributed by atoms with Crippen LogP contribution >= 0.6 is 11.6 Å². The summed E-state index contributed by atoms with van der Waals surface area (Å²) in [6, 6.07) is 1.60. The quantitative estimate of drug-likeness (QED) is 0.764. The number of hydrogen-bond donors (Lipinski definition) is 1. The molecule has 1 aromatic rings. The largest absolute Gasteiger partial charge is 0.349 e. The first kappa shape index (κ1) is 9.40. The van der Waals surface area contributed by atoms with E-state index in [1.807, 2.05) is 0 Å². The molecule has 1 fully saturated rings. The molecule has 1 heterocycles. The first-order chi connectivity index (χ1) is 6.75. The Bertz CT molecular complexity index is 352. The Balaban J connectivity index is 1.87. The van der Waals surface area contributed by atoms with Gasteiger partial charge in [0.25, 0.3) is 0 Å². The second-order valence-electron chi connectivity index (χ2n) is 3.29. The molecule has 1 aliphatic carbocycles. The zero-order valence-electron chi connectivity index (χ0n) is 7.53. The van der Waals surface area contributed by atoms with E-state index < -0.39 is 0 Å². The smallest absolute Gasteiger partial charge is 0.223 e. The van der Waals surface area contributed by atoms with Gasteiger partial charge in [-0.25, -0.2) is 9.97 Å². The molecule has 2 rings (SSSR count). The average molecular weight is 212 g/mol. The number of nitrogens with one attached hydrogen (secondary N) is 1. The Hall–Kier alpha value is -1.16. The van der Waals surface area contributed by atoms with Crippen molar-refractivity contribution in [3.8, 4) is 0 Å². The molecule has 0 aromatic carbocycles. The molecule has 0 bridgehead atoms. The Labute approximate surface area is 86.7 Å². The molecular formula is C9H10ClN3O. The van der Waals surface area contributed by atoms with Crippen molar-refractivity contribution in [1.82, 2.24) is 15.3 Å². The third-order valence-corrected chi connectivity index (χ3v) is 2.25. The summed E-state index contributed by atoms with van der Waals surface area (Å²) >= 11 is 5.67. The number of aromatic nitrogens is 2. The van der Waals surface area contributed by atoms with E-state index in [1.165, 1.54) is 0 Å². The Kier molecular flexibility index (Phi) is 2.63. The fourth-order valence-electron chi connectivity index (χ4n) is 1.12. The lowest BCUT2D eigenvalue weighted by atomic mass is 10.4. The predicted octanol–water partition coefficient (Wildman–Crippen LogP) is 1.16. The van der Waals surface area contributed by atoms with Gasteiger partial charge in [-0.2, -0.15) is 0 Å². The molecule has 1 N–H and O–H groups in total. The molecule has 5 heteroatoms. The van der Waals surface area contributed by atoms with Crippen LogP contribution in [0.5, 0.6) is 0 Å². The van der Waals surface area contributed by atoms with Crippen molar-refractivity contribution in [2.75, 3.05) is 0 Å². The molecule has 0 radical (unpaired) electrons. The van der Waals surface area contributed by atoms with Crippen LogP contribution < -0.4 is 5.32 Å². The van der Waals surface area contributed by atoms with Crippen molar-refractivity contribution in [2.45, 2.75) is 19.4 Å². The Morgan fingerprint density at radius 3 is 3.07 bits per heavy atom. The van der Waals surface area contributed by atoms with E-state index in [4.69, 9.17) is 11.6 Å². The van der Waals surface area contributed by atoms with E-state index in [2.05, 4.69) is 15.3 Å². The number of hydrogen-bond acceptors (Lipinski definition) is 3. The van der Waals surface area contributed by atoms with Gasteiger partial charge in [0.2, 0.25) is 5.91 Å². The van der Waals surface area contributed by atoms with Gasteiger partial charge >= 0.3 is 0 Å². The zero-order valence-corrected chi connectivity index (χ0v) is 8.29. The summed E-state index contributed by atoms with van der Waals surface area (Å²) in [5, 5.41) is 3.16. The number of halogens is 1. The van der Waals surface area contributed by atoms with Crippen LogP contribution in [0.15, 0.2) is 12.3 Å². The molecule has 1 aliphatic rings. The monoisotopic (exact) mass is 211 g/mol. The van der Waals surface area contributed by atoms with Gasteiger partial charge in [-0.1, -0.05) is 11.6 Å². The fraction of sp³-hybridized carbons (Fsp3) is 0.444. The highest BCUT2D eigenvalue weighted by molar-refractivity contribution is 6.29. The summed E-state index contributed by atoms with van der Waals surface area (Å²) in [6.45, 7) is 0.357. The maximum atomic E-state index is 11.3. The summed E-state index contributed by atoms with van der Waals surface area (Å²) in [4.78, 5) is 19.2. The number of amides is 1. The van der Waals surface area contributed by atoms with Crippen molar-refractivity contribution in [1.29, 1.82) is 0 Å². The van der Waals surface area contributed by atoms with E-state index in [-0.39, 0.29) is 11.8 Å². The molecule has 1 aromatic heterocycles. The predicted molar refractivity (Wildman–Crippen MR) is 51.6 cm³/mol. The molecule has 0 spiro atoms. The topological polar surface area (TPSA) is 54.9 Å². The van der Waals surface area contributed by atoms with Gasteiger partial charge in [-0.05, 0) is 18.9 Å². The highest BCUT2D eigenvalue weighted by Gasteiger charge is 2.29. The van der Waals surface area contributed by atoms with Crippen molar-refractivity contribution < 1.29 is 4.79 Å². The number of carbonyl (C=O) groups excluding carboxylic acids is 1. The molecule has 0 atom stereocenters. The van der Waals surface area contributed by atoms with Gasteiger partial charge in [-0.15, -0.1) is 0 Å². The summed E-state index contributed by atoms with van der Waals surface area (Å²) in [7, 11) is 0. The third-order valence-electron chi connectivity index (χ3n) is 2.04. The standard InChI is InChI=1S/C9H10ClN3O/c10-7-3-4-11-8(13-7)5-12-9(14)6-1-2-6/h3-4,6H,1-2,5H2,(H,12,14). The number of rotatable bonds is 3. The maximum Gasteiger partial charge on any atom is 0.223 e. The van der Waals surface area contributed by atoms with Gasteiger partial charge in [0.15, 0.2) is 0 Å². The molecule has 0 unspecified atom stereocenters. The molecule has 4 nitrogen and oxygen atoms in total. The van der Waals surface area contributed by atoms with E-state index in [0.717, 1.165) is 12.8 Å². The van der Waals surface area contributed by atoms with Crippen LogP contribution in [0.25, 0.3) is 0 Å². The average Bonchev–Trinajstić information content (AvgIpc) is 2.97. The van der Waals surface area contributed by atoms with Crippen LogP contribution in [0.1, 0.15) is 18.7 Å². The van der Waals surface area contributed by atoms with Gasteiger partial charge in [0.05, 0.1) is 6.54 Å². The second-order valence-corrected chi connectivity index (χ2v) is 3.67. The lowest BCUT2D eigenvalue weighted by Gasteiger charge is -2.02. The normalized spacial score (nSPS) is 15.2. The lowest BCUT2D eigenvalue weighted by molar-refractivity contribution is -0.122. The van der Waals surface area contributed by atoms with E-state index in [0.29, 0.717) is 17.5 Å². The second kappa shape index (κ2) is 3.92. The minimum absolute atomic E-state index is 0.0913. The van der Waals surface area contributed by atoms with Gasteiger partial charge in [-0.3, -0.25) is 4.79 Å². The molecular weight excluding hydrogens is 202 g/mol. The highest BCUT2D eigenvalue weighted by atomic mass is 35.5. The van der Waals surface area contributed by atoms with E-state index in [9.17, 15) is 4.79 Å². The summed E-state index contributed by atoms with van der Waals surface area (Å²) in [6.07, 6.45) is 3.58. The molecule has 0 aliphatic heterocycles. The fourth-order valence-corrected chi connectivity index (χ4v) is 1.27. The first-order valence-electron chi connectivity index (χ1n) is 4.51. The van der Waals surface area contributed by atoms with Crippen LogP contribution in [0, 0.1) is 5.92 Å². The van der Waals surface area contributed by atoms with E-state index >= 15 is 0 Å². The van der Waals surface area contributed by atoms with Crippen LogP contribution in [0.3, 0.4) is 0 Å². The molecule has 14 heavy (non-hydrogen) atoms. The molecule has 1 saturated carbocycles. The summed E-state index contributed by atoms with van der Waals surface area (Å²) in [5.74, 6) is 0.856. The number of nitrogens with zero attached hydrogens (tertiary/aromatic N) is 2. The van der Waals surface area contributed by atoms with Crippen LogP contribution in [-0.2, 0) is 11.3 Å². The summed E-state index contributed by atoms with van der Waals surface area (Å²) in [5.41, 5.74) is 0. The first-order valence-corrected chi connectivity index (χ1v) is 4.88. The van der Waals surface area contributed by atoms with Crippen molar-refractivity contribution in [2.24, 2.45) is 5.92 Å². The maximum absolute atomic E-state index is 11.3. The zero-order chi connectivity index (χ0) is 9.97. The lowest BCUT2D eigenvalue weighted by Crippen LogP contribution is -2.25. The van der Waals surface area contributed by atoms with Crippen molar-refractivity contribution >= 4 is 17.5 Å². The SMILES string of the molecule is O=C(NCc1nccc(Cl)n1)C1CC1. The van der Waals surface area contributed by atoms with Gasteiger partial charge in [0.1, 0.15) is 11.0 Å². The van der Waals surface area contributed by atoms with Crippen LogP contribution in [0.2, 0.25) is 5.15 Å². The summed E-state index contributed by atoms with van der Waals surface area (Å²) < 4.78 is 0. The molecule has 0 saturated heterocycles. The Morgan fingerprint density at radius 2 is 2.43 bits per heavy atom. The minimum atomic E-state index is 0.0913. The number of carbonyl (C=O) groups is 1. The van der Waals surface area contributed by atoms with E-state index in [1.54, 1.807) is 12.3 Å². The Morgan fingerprint density at radius 1 is 1.64 bits per heavy atom. The minimum Gasteiger partial charge on any atom is -0.349 e. The molecule has 74 valence electrons. The molecule has 1 amide bonds. The van der Waals surface area contributed by atoms with Gasteiger partial charge in [0, 0.05) is 12.1 Å². The van der Waals surface area contributed by atoms with Gasteiger partial charge < -0.3 is 5.32 Å². The van der Waals surface area contributed by atoms with Crippen molar-refractivity contribution in [3.63, 3.8) is 0 Å². The third kappa shape index (κ3) is 2.42.